The molecule has 0 saturated heterocycles. The van der Waals surface area contributed by atoms with Crippen molar-refractivity contribution < 1.29 is 4.79 Å². The molecule has 0 saturated carbocycles. The van der Waals surface area contributed by atoms with E-state index in [1.54, 1.807) is 12.4 Å². The third-order valence-electron chi connectivity index (χ3n) is 2.46. The van der Waals surface area contributed by atoms with Crippen LogP contribution in [0, 0.1) is 12.3 Å². The standard InChI is InChI=1S/C13H17N3O/c1-4-7-15-13(17)11(3)16-10(2)12-5-8-14-9-6-12/h1,5-6,8-11,16H,7H2,2-3H3,(H,15,17)/t10-,11?/m1/s1. The van der Waals surface area contributed by atoms with Crippen molar-refractivity contribution in [3.8, 4) is 12.3 Å². The number of carbonyl (C=O) groups is 1. The van der Waals surface area contributed by atoms with Gasteiger partial charge in [0.05, 0.1) is 12.6 Å². The van der Waals surface area contributed by atoms with Crippen molar-refractivity contribution in [2.45, 2.75) is 25.9 Å². The van der Waals surface area contributed by atoms with Crippen molar-refractivity contribution >= 4 is 5.91 Å². The van der Waals surface area contributed by atoms with E-state index in [4.69, 9.17) is 6.42 Å². The number of hydrogen-bond donors (Lipinski definition) is 2. The topological polar surface area (TPSA) is 54.0 Å². The van der Waals surface area contributed by atoms with Gasteiger partial charge < -0.3 is 5.32 Å². The van der Waals surface area contributed by atoms with E-state index < -0.39 is 0 Å². The molecule has 2 atom stereocenters. The average Bonchev–Trinajstić information content (AvgIpc) is 2.36. The summed E-state index contributed by atoms with van der Waals surface area (Å²) in [5.41, 5.74) is 1.09. The molecule has 0 radical (unpaired) electrons. The van der Waals surface area contributed by atoms with Gasteiger partial charge in [0, 0.05) is 18.4 Å². The van der Waals surface area contributed by atoms with E-state index in [-0.39, 0.29) is 24.5 Å². The minimum Gasteiger partial charge on any atom is -0.344 e. The van der Waals surface area contributed by atoms with E-state index in [1.165, 1.54) is 0 Å². The Morgan fingerprint density at radius 3 is 2.71 bits per heavy atom. The highest BCUT2D eigenvalue weighted by molar-refractivity contribution is 5.81. The lowest BCUT2D eigenvalue weighted by Crippen LogP contribution is -2.43. The number of amides is 1. The Bertz CT molecular complexity index is 397. The van der Waals surface area contributed by atoms with Gasteiger partial charge in [-0.1, -0.05) is 5.92 Å². The van der Waals surface area contributed by atoms with E-state index in [0.717, 1.165) is 5.56 Å². The molecule has 1 amide bonds. The van der Waals surface area contributed by atoms with Gasteiger partial charge in [-0.25, -0.2) is 0 Å². The lowest BCUT2D eigenvalue weighted by atomic mass is 10.1. The lowest BCUT2D eigenvalue weighted by Gasteiger charge is -2.19. The molecule has 0 aromatic carbocycles. The summed E-state index contributed by atoms with van der Waals surface area (Å²) < 4.78 is 0. The number of hydrogen-bond acceptors (Lipinski definition) is 3. The lowest BCUT2D eigenvalue weighted by molar-refractivity contribution is -0.122. The van der Waals surface area contributed by atoms with E-state index >= 15 is 0 Å². The SMILES string of the molecule is C#CCNC(=O)C(C)N[C@H](C)c1ccncc1. The van der Waals surface area contributed by atoms with E-state index in [0.29, 0.717) is 0 Å². The molecular weight excluding hydrogens is 214 g/mol. The molecule has 0 spiro atoms. The number of rotatable bonds is 5. The van der Waals surface area contributed by atoms with Crippen LogP contribution >= 0.6 is 0 Å². The molecule has 0 fully saturated rings. The zero-order chi connectivity index (χ0) is 12.7. The van der Waals surface area contributed by atoms with Crippen LogP contribution in [0.4, 0.5) is 0 Å². The van der Waals surface area contributed by atoms with Crippen LogP contribution in [0.15, 0.2) is 24.5 Å². The Morgan fingerprint density at radius 1 is 1.47 bits per heavy atom. The molecule has 4 heteroatoms. The number of terminal acetylenes is 1. The van der Waals surface area contributed by atoms with E-state index in [2.05, 4.69) is 21.5 Å². The van der Waals surface area contributed by atoms with Gasteiger partial charge in [0.2, 0.25) is 5.91 Å². The quantitative estimate of drug-likeness (QED) is 0.739. The summed E-state index contributed by atoms with van der Waals surface area (Å²) in [4.78, 5) is 15.5. The van der Waals surface area contributed by atoms with Crippen LogP contribution in [0.2, 0.25) is 0 Å². The highest BCUT2D eigenvalue weighted by Crippen LogP contribution is 2.10. The Morgan fingerprint density at radius 2 is 2.12 bits per heavy atom. The van der Waals surface area contributed by atoms with Crippen LogP contribution in [0.5, 0.6) is 0 Å². The first-order valence-corrected chi connectivity index (χ1v) is 5.52. The molecular formula is C13H17N3O. The van der Waals surface area contributed by atoms with Crippen LogP contribution < -0.4 is 10.6 Å². The molecule has 2 N–H and O–H groups in total. The fraction of sp³-hybridized carbons (Fsp3) is 0.385. The minimum atomic E-state index is -0.286. The molecule has 0 aliphatic heterocycles. The zero-order valence-corrected chi connectivity index (χ0v) is 10.1. The Kier molecular flexibility index (Phi) is 5.18. The second-order valence-corrected chi connectivity index (χ2v) is 3.81. The molecule has 0 aliphatic carbocycles. The van der Waals surface area contributed by atoms with E-state index in [9.17, 15) is 4.79 Å². The van der Waals surface area contributed by atoms with Crippen LogP contribution in [0.1, 0.15) is 25.5 Å². The molecule has 1 heterocycles. The van der Waals surface area contributed by atoms with Crippen molar-refractivity contribution in [1.29, 1.82) is 0 Å². The molecule has 0 aliphatic rings. The number of aromatic nitrogens is 1. The highest BCUT2D eigenvalue weighted by Gasteiger charge is 2.15. The molecule has 90 valence electrons. The summed E-state index contributed by atoms with van der Waals surface area (Å²) in [5.74, 6) is 2.28. The normalized spacial score (nSPS) is 13.5. The average molecular weight is 231 g/mol. The van der Waals surface area contributed by atoms with Crippen LogP contribution in [-0.2, 0) is 4.79 Å². The maximum Gasteiger partial charge on any atom is 0.237 e. The molecule has 1 aromatic heterocycles. The van der Waals surface area contributed by atoms with E-state index in [1.807, 2.05) is 26.0 Å². The zero-order valence-electron chi connectivity index (χ0n) is 10.1. The minimum absolute atomic E-state index is 0.0876. The predicted molar refractivity (Wildman–Crippen MR) is 67.1 cm³/mol. The van der Waals surface area contributed by atoms with Crippen molar-refractivity contribution in [2.75, 3.05) is 6.54 Å². The van der Waals surface area contributed by atoms with Gasteiger partial charge >= 0.3 is 0 Å². The van der Waals surface area contributed by atoms with Crippen LogP contribution in [0.25, 0.3) is 0 Å². The smallest absolute Gasteiger partial charge is 0.237 e. The van der Waals surface area contributed by atoms with Gasteiger partial charge in [-0.3, -0.25) is 15.1 Å². The molecule has 4 nitrogen and oxygen atoms in total. The summed E-state index contributed by atoms with van der Waals surface area (Å²) in [6, 6.07) is 3.64. The molecule has 1 unspecified atom stereocenters. The summed E-state index contributed by atoms with van der Waals surface area (Å²) in [7, 11) is 0. The molecule has 1 rings (SSSR count). The number of nitrogens with zero attached hydrogens (tertiary/aromatic N) is 1. The molecule has 0 bridgehead atoms. The molecule has 1 aromatic rings. The number of pyridine rings is 1. The van der Waals surface area contributed by atoms with Crippen molar-refractivity contribution in [3.05, 3.63) is 30.1 Å². The van der Waals surface area contributed by atoms with Gasteiger partial charge in [0.1, 0.15) is 0 Å². The van der Waals surface area contributed by atoms with Gasteiger partial charge in [-0.15, -0.1) is 6.42 Å². The first-order valence-electron chi connectivity index (χ1n) is 5.52. The Balaban J connectivity index is 2.49. The summed E-state index contributed by atoms with van der Waals surface area (Å²) in [5, 5.41) is 5.84. The summed E-state index contributed by atoms with van der Waals surface area (Å²) in [6.07, 6.45) is 8.54. The maximum absolute atomic E-state index is 11.6. The van der Waals surface area contributed by atoms with Gasteiger partial charge in [-0.05, 0) is 31.5 Å². The number of nitrogens with one attached hydrogen (secondary N) is 2. The fourth-order valence-corrected chi connectivity index (χ4v) is 1.49. The summed E-state index contributed by atoms with van der Waals surface area (Å²) >= 11 is 0. The van der Waals surface area contributed by atoms with Crippen molar-refractivity contribution in [1.82, 2.24) is 15.6 Å². The van der Waals surface area contributed by atoms with Crippen molar-refractivity contribution in [3.63, 3.8) is 0 Å². The monoisotopic (exact) mass is 231 g/mol. The second-order valence-electron chi connectivity index (χ2n) is 3.81. The van der Waals surface area contributed by atoms with Crippen molar-refractivity contribution in [2.24, 2.45) is 0 Å². The van der Waals surface area contributed by atoms with Crippen LogP contribution in [0.3, 0.4) is 0 Å². The highest BCUT2D eigenvalue weighted by atomic mass is 16.2. The third kappa shape index (κ3) is 4.25. The first-order chi connectivity index (χ1) is 8.15. The van der Waals surface area contributed by atoms with Crippen LogP contribution in [-0.4, -0.2) is 23.5 Å². The second kappa shape index (κ2) is 6.66. The first kappa shape index (κ1) is 13.2. The van der Waals surface area contributed by atoms with Gasteiger partial charge in [0.15, 0.2) is 0 Å². The largest absolute Gasteiger partial charge is 0.344 e. The molecule has 17 heavy (non-hydrogen) atoms. The fourth-order valence-electron chi connectivity index (χ4n) is 1.49. The van der Waals surface area contributed by atoms with Gasteiger partial charge in [0.25, 0.3) is 0 Å². The third-order valence-corrected chi connectivity index (χ3v) is 2.46. The predicted octanol–water partition coefficient (Wildman–Crippen LogP) is 0.870. The maximum atomic E-state index is 11.6. The summed E-state index contributed by atoms with van der Waals surface area (Å²) in [6.45, 7) is 4.07. The Labute approximate surface area is 102 Å². The number of carbonyl (C=O) groups excluding carboxylic acids is 1. The van der Waals surface area contributed by atoms with Gasteiger partial charge in [-0.2, -0.15) is 0 Å². The Hall–Kier alpha value is -1.86.